The van der Waals surface area contributed by atoms with E-state index < -0.39 is 0 Å². The molecule has 2 saturated heterocycles. The van der Waals surface area contributed by atoms with Crippen LogP contribution in [0, 0.1) is 6.92 Å². The van der Waals surface area contributed by atoms with Crippen molar-refractivity contribution in [2.24, 2.45) is 0 Å². The minimum Gasteiger partial charge on any atom is -0.355 e. The Kier molecular flexibility index (Phi) is 3.17. The van der Waals surface area contributed by atoms with Gasteiger partial charge in [0.05, 0.1) is 5.69 Å². The maximum Gasteiger partial charge on any atom is 0.225 e. The molecule has 0 amide bonds. The Labute approximate surface area is 130 Å². The van der Waals surface area contributed by atoms with Gasteiger partial charge in [0.25, 0.3) is 0 Å². The molecule has 0 atom stereocenters. The molecule has 2 aromatic heterocycles. The Morgan fingerprint density at radius 3 is 2.27 bits per heavy atom. The normalized spacial score (nSPS) is 20.0. The average Bonchev–Trinajstić information content (AvgIpc) is 2.56. The molecule has 0 aliphatic carbocycles. The van der Waals surface area contributed by atoms with Gasteiger partial charge < -0.3 is 9.80 Å². The van der Waals surface area contributed by atoms with Gasteiger partial charge in [0.2, 0.25) is 5.95 Å². The molecule has 0 unspecified atom stereocenters. The van der Waals surface area contributed by atoms with Gasteiger partial charge in [0, 0.05) is 37.6 Å². The SMILES string of the molecule is Cc1ccc(N2CCC3(CC2)CCN3c2ncccn2)nn1. The molecule has 0 aromatic carbocycles. The molecule has 22 heavy (non-hydrogen) atoms. The van der Waals surface area contributed by atoms with Gasteiger partial charge in [-0.05, 0) is 44.4 Å². The van der Waals surface area contributed by atoms with E-state index >= 15 is 0 Å². The summed E-state index contributed by atoms with van der Waals surface area (Å²) in [5, 5.41) is 8.47. The van der Waals surface area contributed by atoms with Gasteiger partial charge in [-0.3, -0.25) is 0 Å². The summed E-state index contributed by atoms with van der Waals surface area (Å²) in [5.41, 5.74) is 1.21. The van der Waals surface area contributed by atoms with Gasteiger partial charge in [0.1, 0.15) is 0 Å². The maximum atomic E-state index is 4.42. The van der Waals surface area contributed by atoms with Crippen LogP contribution in [-0.4, -0.2) is 45.3 Å². The topological polar surface area (TPSA) is 58.0 Å². The Hall–Kier alpha value is -2.24. The standard InChI is InChI=1S/C16H20N6/c1-13-3-4-14(20-19-13)21-10-5-16(6-11-21)7-12-22(16)15-17-8-2-9-18-15/h2-4,8-9H,5-7,10-12H2,1H3. The number of piperidine rings is 1. The number of anilines is 2. The molecule has 2 aliphatic rings. The van der Waals surface area contributed by atoms with Crippen LogP contribution < -0.4 is 9.80 Å². The minimum atomic E-state index is 0.246. The van der Waals surface area contributed by atoms with Crippen molar-refractivity contribution in [3.8, 4) is 0 Å². The molecular formula is C16H20N6. The molecule has 4 rings (SSSR count). The molecule has 1 spiro atoms. The van der Waals surface area contributed by atoms with Gasteiger partial charge in [-0.2, -0.15) is 5.10 Å². The first kappa shape index (κ1) is 13.4. The highest BCUT2D eigenvalue weighted by Gasteiger charge is 2.47. The molecule has 2 fully saturated rings. The number of hydrogen-bond acceptors (Lipinski definition) is 6. The van der Waals surface area contributed by atoms with Crippen molar-refractivity contribution in [2.75, 3.05) is 29.4 Å². The lowest BCUT2D eigenvalue weighted by Crippen LogP contribution is -2.65. The summed E-state index contributed by atoms with van der Waals surface area (Å²) in [6.07, 6.45) is 7.14. The summed E-state index contributed by atoms with van der Waals surface area (Å²) in [4.78, 5) is 13.5. The molecule has 2 aliphatic heterocycles. The van der Waals surface area contributed by atoms with E-state index in [0.29, 0.717) is 0 Å². The number of rotatable bonds is 2. The molecule has 6 nitrogen and oxygen atoms in total. The van der Waals surface area contributed by atoms with Crippen LogP contribution >= 0.6 is 0 Å². The van der Waals surface area contributed by atoms with E-state index in [2.05, 4.69) is 36.0 Å². The highest BCUT2D eigenvalue weighted by molar-refractivity contribution is 5.44. The second-order valence-corrected chi connectivity index (χ2v) is 6.19. The lowest BCUT2D eigenvalue weighted by Gasteiger charge is -2.56. The van der Waals surface area contributed by atoms with Crippen LogP contribution in [0.4, 0.5) is 11.8 Å². The summed E-state index contributed by atoms with van der Waals surface area (Å²) >= 11 is 0. The summed E-state index contributed by atoms with van der Waals surface area (Å²) in [7, 11) is 0. The van der Waals surface area contributed by atoms with Crippen molar-refractivity contribution < 1.29 is 0 Å². The molecule has 114 valence electrons. The van der Waals surface area contributed by atoms with Crippen LogP contribution in [0.5, 0.6) is 0 Å². The lowest BCUT2D eigenvalue weighted by molar-refractivity contribution is 0.215. The van der Waals surface area contributed by atoms with E-state index in [0.717, 1.165) is 49.9 Å². The summed E-state index contributed by atoms with van der Waals surface area (Å²) in [6.45, 7) is 5.06. The van der Waals surface area contributed by atoms with Crippen LogP contribution in [0.3, 0.4) is 0 Å². The highest BCUT2D eigenvalue weighted by atomic mass is 15.4. The van der Waals surface area contributed by atoms with Crippen LogP contribution in [0.2, 0.25) is 0 Å². The molecule has 0 bridgehead atoms. The van der Waals surface area contributed by atoms with Crippen molar-refractivity contribution in [2.45, 2.75) is 31.7 Å². The van der Waals surface area contributed by atoms with Gasteiger partial charge in [0.15, 0.2) is 5.82 Å². The van der Waals surface area contributed by atoms with Crippen LogP contribution in [0.1, 0.15) is 25.0 Å². The van der Waals surface area contributed by atoms with Gasteiger partial charge >= 0.3 is 0 Å². The number of aryl methyl sites for hydroxylation is 1. The third-order valence-electron chi connectivity index (χ3n) is 4.97. The van der Waals surface area contributed by atoms with E-state index in [4.69, 9.17) is 0 Å². The Morgan fingerprint density at radius 2 is 1.68 bits per heavy atom. The van der Waals surface area contributed by atoms with Gasteiger partial charge in [-0.15, -0.1) is 5.10 Å². The fourth-order valence-corrected chi connectivity index (χ4v) is 3.52. The van der Waals surface area contributed by atoms with Crippen LogP contribution in [0.15, 0.2) is 30.6 Å². The molecule has 4 heterocycles. The molecule has 0 saturated carbocycles. The van der Waals surface area contributed by atoms with E-state index in [-0.39, 0.29) is 5.54 Å². The van der Waals surface area contributed by atoms with Crippen molar-refractivity contribution in [3.63, 3.8) is 0 Å². The molecule has 2 aromatic rings. The first-order valence-corrected chi connectivity index (χ1v) is 7.87. The predicted molar refractivity (Wildman–Crippen MR) is 84.9 cm³/mol. The van der Waals surface area contributed by atoms with E-state index in [1.807, 2.05) is 31.5 Å². The largest absolute Gasteiger partial charge is 0.355 e. The maximum absolute atomic E-state index is 4.42. The van der Waals surface area contributed by atoms with Gasteiger partial charge in [-0.1, -0.05) is 0 Å². The molecule has 6 heteroatoms. The number of nitrogens with zero attached hydrogens (tertiary/aromatic N) is 6. The second-order valence-electron chi connectivity index (χ2n) is 6.19. The predicted octanol–water partition coefficient (Wildman–Crippen LogP) is 1.82. The Morgan fingerprint density at radius 1 is 0.955 bits per heavy atom. The van der Waals surface area contributed by atoms with Crippen molar-refractivity contribution in [1.29, 1.82) is 0 Å². The Balaban J connectivity index is 1.46. The van der Waals surface area contributed by atoms with Crippen LogP contribution in [-0.2, 0) is 0 Å². The van der Waals surface area contributed by atoms with E-state index in [9.17, 15) is 0 Å². The second kappa shape index (κ2) is 5.19. The third-order valence-corrected chi connectivity index (χ3v) is 4.97. The monoisotopic (exact) mass is 296 g/mol. The highest BCUT2D eigenvalue weighted by Crippen LogP contribution is 2.42. The minimum absolute atomic E-state index is 0.246. The Bertz CT molecular complexity index is 633. The zero-order chi connectivity index (χ0) is 15.0. The molecule has 0 N–H and O–H groups in total. The smallest absolute Gasteiger partial charge is 0.225 e. The van der Waals surface area contributed by atoms with Crippen molar-refractivity contribution in [3.05, 3.63) is 36.3 Å². The third kappa shape index (κ3) is 2.19. The quantitative estimate of drug-likeness (QED) is 0.842. The van der Waals surface area contributed by atoms with Crippen LogP contribution in [0.25, 0.3) is 0 Å². The summed E-state index contributed by atoms with van der Waals surface area (Å²) in [5.74, 6) is 1.86. The zero-order valence-corrected chi connectivity index (χ0v) is 12.8. The first-order valence-electron chi connectivity index (χ1n) is 7.87. The van der Waals surface area contributed by atoms with Crippen molar-refractivity contribution in [1.82, 2.24) is 20.2 Å². The molecule has 0 radical (unpaired) electrons. The van der Waals surface area contributed by atoms with E-state index in [1.54, 1.807) is 0 Å². The fourth-order valence-electron chi connectivity index (χ4n) is 3.52. The number of hydrogen-bond donors (Lipinski definition) is 0. The number of aromatic nitrogens is 4. The lowest BCUT2D eigenvalue weighted by atomic mass is 9.76. The first-order chi connectivity index (χ1) is 10.8. The average molecular weight is 296 g/mol. The molecular weight excluding hydrogens is 276 g/mol. The fraction of sp³-hybridized carbons (Fsp3) is 0.500. The van der Waals surface area contributed by atoms with Gasteiger partial charge in [-0.25, -0.2) is 9.97 Å². The summed E-state index contributed by atoms with van der Waals surface area (Å²) < 4.78 is 0. The van der Waals surface area contributed by atoms with Crippen molar-refractivity contribution >= 4 is 11.8 Å². The zero-order valence-electron chi connectivity index (χ0n) is 12.8. The van der Waals surface area contributed by atoms with E-state index in [1.165, 1.54) is 6.42 Å². The summed E-state index contributed by atoms with van der Waals surface area (Å²) in [6, 6.07) is 5.97.